The Hall–Kier alpha value is -0.520. The number of rotatable bonds is 7. The summed E-state index contributed by atoms with van der Waals surface area (Å²) in [6.45, 7) is 6.17. The van der Waals surface area contributed by atoms with Crippen molar-refractivity contribution in [1.29, 1.82) is 0 Å². The second-order valence-electron chi connectivity index (χ2n) is 4.51. The molecule has 2 N–H and O–H groups in total. The van der Waals surface area contributed by atoms with Gasteiger partial charge in [0.25, 0.3) is 0 Å². The van der Waals surface area contributed by atoms with E-state index in [2.05, 4.69) is 25.4 Å². The Bertz CT molecular complexity index is 374. The first-order valence-corrected chi connectivity index (χ1v) is 7.52. The topological polar surface area (TPSA) is 49.3 Å². The summed E-state index contributed by atoms with van der Waals surface area (Å²) in [4.78, 5) is 12.7. The van der Waals surface area contributed by atoms with Crippen LogP contribution < -0.4 is 5.32 Å². The number of carboxylic acid groups (broad SMARTS) is 1. The summed E-state index contributed by atoms with van der Waals surface area (Å²) in [6.07, 6.45) is 2.23. The molecular weight excluding hydrogens is 254 g/mol. The number of carboxylic acids is 1. The predicted molar refractivity (Wildman–Crippen MR) is 75.0 cm³/mol. The number of nitrogens with one attached hydrogen (secondary N) is 1. The van der Waals surface area contributed by atoms with Crippen molar-refractivity contribution < 1.29 is 9.90 Å². The second kappa shape index (κ2) is 6.42. The van der Waals surface area contributed by atoms with Gasteiger partial charge in [0, 0.05) is 27.6 Å². The molecular formula is C12H19NO2S2. The van der Waals surface area contributed by atoms with Crippen LogP contribution >= 0.6 is 23.1 Å². The lowest BCUT2D eigenvalue weighted by molar-refractivity contribution is -0.136. The van der Waals surface area contributed by atoms with Crippen LogP contribution in [0.3, 0.4) is 0 Å². The monoisotopic (exact) mass is 273 g/mol. The first-order valence-electron chi connectivity index (χ1n) is 5.48. The number of hydrogen-bond acceptors (Lipinski definition) is 4. The molecule has 1 rings (SSSR count). The Morgan fingerprint density at radius 3 is 2.71 bits per heavy atom. The third-order valence-electron chi connectivity index (χ3n) is 2.45. The summed E-state index contributed by atoms with van der Waals surface area (Å²) in [6, 6.07) is 3.90. The number of hydrogen-bond donors (Lipinski definition) is 2. The van der Waals surface area contributed by atoms with Gasteiger partial charge in [-0.3, -0.25) is 4.79 Å². The van der Waals surface area contributed by atoms with E-state index >= 15 is 0 Å². The van der Waals surface area contributed by atoms with Crippen molar-refractivity contribution in [3.05, 3.63) is 21.9 Å². The van der Waals surface area contributed by atoms with E-state index in [0.717, 1.165) is 18.0 Å². The third kappa shape index (κ3) is 5.57. The summed E-state index contributed by atoms with van der Waals surface area (Å²) in [7, 11) is 0. The van der Waals surface area contributed by atoms with Crippen LogP contribution in [0.15, 0.2) is 12.1 Å². The average Bonchev–Trinajstić information content (AvgIpc) is 2.64. The van der Waals surface area contributed by atoms with E-state index in [-0.39, 0.29) is 11.2 Å². The molecule has 5 heteroatoms. The molecule has 0 aromatic carbocycles. The molecule has 1 heterocycles. The molecule has 0 spiro atoms. The fourth-order valence-corrected chi connectivity index (χ4v) is 2.55. The Labute approximate surface area is 111 Å². The minimum atomic E-state index is -0.769. The molecule has 0 fully saturated rings. The molecule has 0 saturated carbocycles. The predicted octanol–water partition coefficient (Wildman–Crippen LogP) is 2.61. The summed E-state index contributed by atoms with van der Waals surface area (Å²) in [5, 5.41) is 12.1. The fourth-order valence-electron chi connectivity index (χ4n) is 1.32. The van der Waals surface area contributed by atoms with Crippen LogP contribution in [-0.2, 0) is 17.8 Å². The normalized spacial score (nSPS) is 11.7. The van der Waals surface area contributed by atoms with Gasteiger partial charge < -0.3 is 10.4 Å². The third-order valence-corrected chi connectivity index (χ3v) is 4.78. The lowest BCUT2D eigenvalue weighted by Crippen LogP contribution is -2.31. The zero-order chi connectivity index (χ0) is 12.9. The summed E-state index contributed by atoms with van der Waals surface area (Å²) in [5.74, 6) is -0.769. The summed E-state index contributed by atoms with van der Waals surface area (Å²) >= 11 is 3.41. The van der Waals surface area contributed by atoms with Gasteiger partial charge in [-0.05, 0) is 32.2 Å². The van der Waals surface area contributed by atoms with Gasteiger partial charge in [0.15, 0.2) is 0 Å². The van der Waals surface area contributed by atoms with Crippen LogP contribution in [0.1, 0.15) is 23.6 Å². The minimum absolute atomic E-state index is 0.126. The smallest absolute Gasteiger partial charge is 0.308 e. The molecule has 0 radical (unpaired) electrons. The van der Waals surface area contributed by atoms with Gasteiger partial charge in [-0.2, -0.15) is 11.8 Å². The standard InChI is InChI=1S/C12H19NO2S2/c1-12(2,16-3)8-13-7-10-5-4-9(17-10)6-11(14)15/h4-5,13H,6-8H2,1-3H3,(H,14,15). The van der Waals surface area contributed by atoms with Crippen molar-refractivity contribution in [2.75, 3.05) is 12.8 Å². The highest BCUT2D eigenvalue weighted by atomic mass is 32.2. The van der Waals surface area contributed by atoms with Crippen LogP contribution in [0.25, 0.3) is 0 Å². The lowest BCUT2D eigenvalue weighted by Gasteiger charge is -2.22. The quantitative estimate of drug-likeness (QED) is 0.802. The average molecular weight is 273 g/mol. The molecule has 0 aliphatic carbocycles. The zero-order valence-corrected chi connectivity index (χ0v) is 12.1. The molecule has 96 valence electrons. The maximum absolute atomic E-state index is 10.6. The molecule has 0 bridgehead atoms. The van der Waals surface area contributed by atoms with Gasteiger partial charge in [0.1, 0.15) is 0 Å². The van der Waals surface area contributed by atoms with E-state index in [1.165, 1.54) is 4.88 Å². The minimum Gasteiger partial charge on any atom is -0.481 e. The molecule has 1 aromatic rings. The molecule has 0 atom stereocenters. The largest absolute Gasteiger partial charge is 0.481 e. The van der Waals surface area contributed by atoms with Crippen LogP contribution in [0, 0.1) is 0 Å². The Kier molecular flexibility index (Phi) is 5.49. The molecule has 3 nitrogen and oxygen atoms in total. The van der Waals surface area contributed by atoms with Gasteiger partial charge in [-0.15, -0.1) is 11.3 Å². The second-order valence-corrected chi connectivity index (χ2v) is 7.27. The SMILES string of the molecule is CSC(C)(C)CNCc1ccc(CC(=O)O)s1. The van der Waals surface area contributed by atoms with E-state index in [1.54, 1.807) is 11.3 Å². The maximum atomic E-state index is 10.6. The highest BCUT2D eigenvalue weighted by Gasteiger charge is 2.15. The number of thiophene rings is 1. The maximum Gasteiger partial charge on any atom is 0.308 e. The van der Waals surface area contributed by atoms with E-state index < -0.39 is 5.97 Å². The Morgan fingerprint density at radius 2 is 2.12 bits per heavy atom. The first kappa shape index (κ1) is 14.5. The van der Waals surface area contributed by atoms with Gasteiger partial charge in [0.05, 0.1) is 6.42 Å². The van der Waals surface area contributed by atoms with Crippen molar-refractivity contribution in [3.8, 4) is 0 Å². The number of carbonyl (C=O) groups is 1. The van der Waals surface area contributed by atoms with Gasteiger partial charge in [-0.25, -0.2) is 0 Å². The first-order chi connectivity index (χ1) is 7.93. The molecule has 0 saturated heterocycles. The van der Waals surface area contributed by atoms with Crippen molar-refractivity contribution >= 4 is 29.1 Å². The summed E-state index contributed by atoms with van der Waals surface area (Å²) < 4.78 is 0.237. The van der Waals surface area contributed by atoms with E-state index in [4.69, 9.17) is 5.11 Å². The van der Waals surface area contributed by atoms with E-state index in [0.29, 0.717) is 0 Å². The van der Waals surface area contributed by atoms with E-state index in [1.807, 2.05) is 23.9 Å². The Morgan fingerprint density at radius 1 is 1.47 bits per heavy atom. The highest BCUT2D eigenvalue weighted by Crippen LogP contribution is 2.21. The fraction of sp³-hybridized carbons (Fsp3) is 0.583. The molecule has 17 heavy (non-hydrogen) atoms. The lowest BCUT2D eigenvalue weighted by atomic mass is 10.2. The van der Waals surface area contributed by atoms with Crippen molar-refractivity contribution in [2.24, 2.45) is 0 Å². The van der Waals surface area contributed by atoms with Crippen LogP contribution in [0.2, 0.25) is 0 Å². The summed E-state index contributed by atoms with van der Waals surface area (Å²) in [5.41, 5.74) is 0. The molecule has 0 unspecified atom stereocenters. The van der Waals surface area contributed by atoms with Crippen LogP contribution in [0.5, 0.6) is 0 Å². The number of thioether (sulfide) groups is 1. The van der Waals surface area contributed by atoms with Gasteiger partial charge in [0.2, 0.25) is 0 Å². The number of aliphatic carboxylic acids is 1. The molecule has 0 aliphatic heterocycles. The molecule has 1 aromatic heterocycles. The van der Waals surface area contributed by atoms with Crippen molar-refractivity contribution in [3.63, 3.8) is 0 Å². The zero-order valence-electron chi connectivity index (χ0n) is 10.4. The Balaban J connectivity index is 2.37. The van der Waals surface area contributed by atoms with E-state index in [9.17, 15) is 4.79 Å². The van der Waals surface area contributed by atoms with Crippen molar-refractivity contribution in [2.45, 2.75) is 31.6 Å². The van der Waals surface area contributed by atoms with Crippen LogP contribution in [0.4, 0.5) is 0 Å². The van der Waals surface area contributed by atoms with Gasteiger partial charge in [-0.1, -0.05) is 0 Å². The highest BCUT2D eigenvalue weighted by molar-refractivity contribution is 7.99. The molecule has 0 aliphatic rings. The van der Waals surface area contributed by atoms with Gasteiger partial charge >= 0.3 is 5.97 Å². The van der Waals surface area contributed by atoms with Crippen molar-refractivity contribution in [1.82, 2.24) is 5.32 Å². The van der Waals surface area contributed by atoms with Crippen LogP contribution in [-0.4, -0.2) is 28.6 Å². The molecule has 0 amide bonds.